The Hall–Kier alpha value is -1.50. The molecule has 0 radical (unpaired) electrons. The Kier molecular flexibility index (Phi) is 1.97. The van der Waals surface area contributed by atoms with Crippen LogP contribution in [0.4, 0.5) is 0 Å². The van der Waals surface area contributed by atoms with Crippen molar-refractivity contribution >= 4 is 0 Å². The molecular formula is C15H17N. The number of aromatic nitrogens is 1. The van der Waals surface area contributed by atoms with Crippen LogP contribution in [0.5, 0.6) is 0 Å². The number of hydrogen-bond donors (Lipinski definition) is 0. The molecule has 0 atom stereocenters. The van der Waals surface area contributed by atoms with E-state index in [4.69, 9.17) is 0 Å². The van der Waals surface area contributed by atoms with Gasteiger partial charge in [0.1, 0.15) is 0 Å². The Balaban J connectivity index is 2.18. The highest BCUT2D eigenvalue weighted by molar-refractivity contribution is 5.68. The fourth-order valence-electron chi connectivity index (χ4n) is 2.78. The van der Waals surface area contributed by atoms with Gasteiger partial charge in [-0.05, 0) is 18.1 Å². The molecule has 0 saturated heterocycles. The molecule has 3 rings (SSSR count). The van der Waals surface area contributed by atoms with Gasteiger partial charge < -0.3 is 4.57 Å². The van der Waals surface area contributed by atoms with Crippen molar-refractivity contribution in [3.63, 3.8) is 0 Å². The molecule has 0 unspecified atom stereocenters. The second-order valence-electron chi connectivity index (χ2n) is 5.27. The molecule has 1 aromatic heterocycles. The molecule has 2 aromatic rings. The summed E-state index contributed by atoms with van der Waals surface area (Å²) < 4.78 is 2.41. The van der Waals surface area contributed by atoms with Gasteiger partial charge in [0, 0.05) is 29.4 Å². The van der Waals surface area contributed by atoms with Crippen molar-refractivity contribution in [1.82, 2.24) is 4.57 Å². The van der Waals surface area contributed by atoms with Gasteiger partial charge in [0.25, 0.3) is 0 Å². The maximum atomic E-state index is 2.41. The first-order chi connectivity index (χ1) is 7.68. The molecule has 0 fully saturated rings. The number of fused-ring (bicyclic) bond motifs is 1. The summed E-state index contributed by atoms with van der Waals surface area (Å²) in [5, 5.41) is 0. The van der Waals surface area contributed by atoms with Crippen molar-refractivity contribution < 1.29 is 0 Å². The predicted octanol–water partition coefficient (Wildman–Crippen LogP) is 3.84. The SMILES string of the molecule is CC1(C)CCn2ccc(-c3ccccc3)c21. The minimum absolute atomic E-state index is 0.314. The summed E-state index contributed by atoms with van der Waals surface area (Å²) in [6.45, 7) is 5.85. The Bertz CT molecular complexity index is 505. The first kappa shape index (κ1) is 9.71. The van der Waals surface area contributed by atoms with E-state index in [9.17, 15) is 0 Å². The molecule has 0 aliphatic carbocycles. The summed E-state index contributed by atoms with van der Waals surface area (Å²) >= 11 is 0. The summed E-state index contributed by atoms with van der Waals surface area (Å²) in [6.07, 6.45) is 3.48. The number of aryl methyl sites for hydroxylation is 1. The summed E-state index contributed by atoms with van der Waals surface area (Å²) in [5.41, 5.74) is 4.56. The first-order valence-corrected chi connectivity index (χ1v) is 5.93. The fourth-order valence-corrected chi connectivity index (χ4v) is 2.78. The minimum Gasteiger partial charge on any atom is -0.350 e. The van der Waals surface area contributed by atoms with Gasteiger partial charge in [0.2, 0.25) is 0 Å². The highest BCUT2D eigenvalue weighted by atomic mass is 15.0. The highest BCUT2D eigenvalue weighted by Crippen LogP contribution is 2.40. The van der Waals surface area contributed by atoms with Crippen molar-refractivity contribution in [3.05, 3.63) is 48.3 Å². The lowest BCUT2D eigenvalue weighted by Crippen LogP contribution is -2.13. The standard InChI is InChI=1S/C15H17N/c1-15(2)9-11-16-10-8-13(14(15)16)12-6-4-3-5-7-12/h3-8,10H,9,11H2,1-2H3. The lowest BCUT2D eigenvalue weighted by atomic mass is 9.85. The molecule has 0 bridgehead atoms. The quantitative estimate of drug-likeness (QED) is 0.675. The van der Waals surface area contributed by atoms with Crippen LogP contribution in [0, 0.1) is 0 Å². The van der Waals surface area contributed by atoms with Crippen LogP contribution in [-0.2, 0) is 12.0 Å². The second kappa shape index (κ2) is 3.24. The fraction of sp³-hybridized carbons (Fsp3) is 0.333. The smallest absolute Gasteiger partial charge is 0.0311 e. The zero-order valence-corrected chi connectivity index (χ0v) is 9.90. The van der Waals surface area contributed by atoms with Crippen LogP contribution < -0.4 is 0 Å². The van der Waals surface area contributed by atoms with Gasteiger partial charge >= 0.3 is 0 Å². The van der Waals surface area contributed by atoms with Gasteiger partial charge in [0.15, 0.2) is 0 Å². The van der Waals surface area contributed by atoms with Gasteiger partial charge in [-0.1, -0.05) is 44.2 Å². The highest BCUT2D eigenvalue weighted by Gasteiger charge is 2.32. The molecule has 1 heteroatoms. The van der Waals surface area contributed by atoms with E-state index in [1.165, 1.54) is 23.2 Å². The first-order valence-electron chi connectivity index (χ1n) is 5.93. The molecule has 0 N–H and O–H groups in total. The van der Waals surface area contributed by atoms with Crippen molar-refractivity contribution in [2.24, 2.45) is 0 Å². The van der Waals surface area contributed by atoms with E-state index >= 15 is 0 Å². The molecule has 1 aliphatic rings. The largest absolute Gasteiger partial charge is 0.350 e. The lowest BCUT2D eigenvalue weighted by molar-refractivity contribution is 0.521. The van der Waals surface area contributed by atoms with Gasteiger partial charge in [-0.3, -0.25) is 0 Å². The third-order valence-electron chi connectivity index (χ3n) is 3.67. The van der Waals surface area contributed by atoms with Crippen LogP contribution in [0.1, 0.15) is 26.0 Å². The average molecular weight is 211 g/mol. The van der Waals surface area contributed by atoms with Crippen LogP contribution >= 0.6 is 0 Å². The van der Waals surface area contributed by atoms with E-state index in [2.05, 4.69) is 61.0 Å². The second-order valence-corrected chi connectivity index (χ2v) is 5.27. The molecule has 1 nitrogen and oxygen atoms in total. The summed E-state index contributed by atoms with van der Waals surface area (Å²) in [6, 6.07) is 13.0. The zero-order chi connectivity index (χ0) is 11.2. The van der Waals surface area contributed by atoms with Gasteiger partial charge in [-0.15, -0.1) is 0 Å². The predicted molar refractivity (Wildman–Crippen MR) is 67.5 cm³/mol. The summed E-state index contributed by atoms with van der Waals surface area (Å²) in [7, 11) is 0. The molecule has 0 amide bonds. The molecule has 1 aromatic carbocycles. The number of benzene rings is 1. The third-order valence-corrected chi connectivity index (χ3v) is 3.67. The third kappa shape index (κ3) is 1.31. The molecule has 0 saturated carbocycles. The van der Waals surface area contributed by atoms with E-state index < -0.39 is 0 Å². The van der Waals surface area contributed by atoms with Crippen LogP contribution in [0.3, 0.4) is 0 Å². The molecule has 2 heterocycles. The summed E-state index contributed by atoms with van der Waals surface area (Å²) in [4.78, 5) is 0. The maximum Gasteiger partial charge on any atom is 0.0311 e. The molecule has 16 heavy (non-hydrogen) atoms. The Morgan fingerprint density at radius 1 is 1.06 bits per heavy atom. The monoisotopic (exact) mass is 211 g/mol. The van der Waals surface area contributed by atoms with E-state index in [0.717, 1.165) is 6.54 Å². The van der Waals surface area contributed by atoms with E-state index in [-0.39, 0.29) is 0 Å². The number of rotatable bonds is 1. The Labute approximate surface area is 96.7 Å². The van der Waals surface area contributed by atoms with Crippen LogP contribution in [0.15, 0.2) is 42.6 Å². The van der Waals surface area contributed by atoms with Crippen LogP contribution in [0.2, 0.25) is 0 Å². The minimum atomic E-state index is 0.314. The molecular weight excluding hydrogens is 194 g/mol. The zero-order valence-electron chi connectivity index (χ0n) is 9.90. The van der Waals surface area contributed by atoms with Crippen molar-refractivity contribution in [2.75, 3.05) is 0 Å². The topological polar surface area (TPSA) is 4.93 Å². The summed E-state index contributed by atoms with van der Waals surface area (Å²) in [5.74, 6) is 0. The van der Waals surface area contributed by atoms with E-state index in [1.54, 1.807) is 0 Å². The van der Waals surface area contributed by atoms with Crippen molar-refractivity contribution in [3.8, 4) is 11.1 Å². The molecule has 1 aliphatic heterocycles. The number of nitrogens with zero attached hydrogens (tertiary/aromatic N) is 1. The van der Waals surface area contributed by atoms with Gasteiger partial charge in [-0.2, -0.15) is 0 Å². The van der Waals surface area contributed by atoms with Gasteiger partial charge in [-0.25, -0.2) is 0 Å². The Morgan fingerprint density at radius 2 is 1.81 bits per heavy atom. The van der Waals surface area contributed by atoms with Crippen LogP contribution in [-0.4, -0.2) is 4.57 Å². The van der Waals surface area contributed by atoms with E-state index in [0.29, 0.717) is 5.41 Å². The maximum absolute atomic E-state index is 2.41. The average Bonchev–Trinajstić information content (AvgIpc) is 2.82. The van der Waals surface area contributed by atoms with E-state index in [1.807, 2.05) is 0 Å². The Morgan fingerprint density at radius 3 is 2.56 bits per heavy atom. The lowest BCUT2D eigenvalue weighted by Gasteiger charge is -2.19. The normalized spacial score (nSPS) is 17.4. The number of hydrogen-bond acceptors (Lipinski definition) is 0. The molecule has 82 valence electrons. The van der Waals surface area contributed by atoms with Gasteiger partial charge in [0.05, 0.1) is 0 Å². The van der Waals surface area contributed by atoms with Crippen molar-refractivity contribution in [1.29, 1.82) is 0 Å². The van der Waals surface area contributed by atoms with Crippen molar-refractivity contribution in [2.45, 2.75) is 32.2 Å². The van der Waals surface area contributed by atoms with Crippen LogP contribution in [0.25, 0.3) is 11.1 Å². The molecule has 0 spiro atoms.